The molecule has 0 bridgehead atoms. The van der Waals surface area contributed by atoms with Crippen molar-refractivity contribution < 1.29 is 27.4 Å². The van der Waals surface area contributed by atoms with Crippen LogP contribution in [-0.2, 0) is 17.5 Å². The van der Waals surface area contributed by atoms with Gasteiger partial charge in [0.1, 0.15) is 18.1 Å². The van der Waals surface area contributed by atoms with Gasteiger partial charge < -0.3 is 14.8 Å². The Morgan fingerprint density at radius 2 is 2.00 bits per heavy atom. The van der Waals surface area contributed by atoms with E-state index in [1.807, 2.05) is 6.92 Å². The van der Waals surface area contributed by atoms with E-state index in [2.05, 4.69) is 15.3 Å². The second-order valence-electron chi connectivity index (χ2n) is 7.32. The van der Waals surface area contributed by atoms with Crippen LogP contribution < -0.4 is 10.1 Å². The van der Waals surface area contributed by atoms with Crippen LogP contribution in [0.25, 0.3) is 10.9 Å². The third-order valence-corrected chi connectivity index (χ3v) is 5.47. The van der Waals surface area contributed by atoms with E-state index in [1.54, 1.807) is 12.3 Å². The summed E-state index contributed by atoms with van der Waals surface area (Å²) in [6.07, 6.45) is -1.22. The minimum atomic E-state index is -4.45. The molecule has 2 aliphatic rings. The van der Waals surface area contributed by atoms with Gasteiger partial charge in [-0.2, -0.15) is 13.2 Å². The van der Waals surface area contributed by atoms with Gasteiger partial charge in [0.15, 0.2) is 0 Å². The van der Waals surface area contributed by atoms with E-state index in [9.17, 15) is 18.0 Å². The van der Waals surface area contributed by atoms with E-state index in [0.717, 1.165) is 28.6 Å². The number of alkyl halides is 3. The Morgan fingerprint density at radius 1 is 1.17 bits per heavy atom. The van der Waals surface area contributed by atoms with Crippen molar-refractivity contribution in [3.8, 4) is 5.75 Å². The van der Waals surface area contributed by atoms with Crippen LogP contribution >= 0.6 is 0 Å². The SMILES string of the molecule is CC1OCc2c1cnc1cnc(C(=O)N[C@@H]3COc4cc(C(F)(F)F)ccc43)cc21. The van der Waals surface area contributed by atoms with Crippen LogP contribution in [0.1, 0.15) is 51.8 Å². The molecule has 9 heteroatoms. The topological polar surface area (TPSA) is 73.3 Å². The average molecular weight is 415 g/mol. The third-order valence-electron chi connectivity index (χ3n) is 5.47. The van der Waals surface area contributed by atoms with E-state index in [0.29, 0.717) is 17.7 Å². The Morgan fingerprint density at radius 3 is 2.80 bits per heavy atom. The fourth-order valence-corrected chi connectivity index (χ4v) is 3.84. The van der Waals surface area contributed by atoms with Crippen molar-refractivity contribution in [2.75, 3.05) is 6.61 Å². The summed E-state index contributed by atoms with van der Waals surface area (Å²) in [5, 5.41) is 3.59. The van der Waals surface area contributed by atoms with E-state index < -0.39 is 23.7 Å². The van der Waals surface area contributed by atoms with E-state index in [4.69, 9.17) is 9.47 Å². The summed E-state index contributed by atoms with van der Waals surface area (Å²) >= 11 is 0. The number of amides is 1. The van der Waals surface area contributed by atoms with Crippen molar-refractivity contribution in [2.45, 2.75) is 31.9 Å². The highest BCUT2D eigenvalue weighted by molar-refractivity contribution is 5.97. The Bertz CT molecular complexity index is 1180. The minimum absolute atomic E-state index is 0.0538. The fraction of sp³-hybridized carbons (Fsp3) is 0.286. The van der Waals surface area contributed by atoms with E-state index in [1.165, 1.54) is 12.3 Å². The zero-order valence-electron chi connectivity index (χ0n) is 15.8. The molecule has 1 N–H and O–H groups in total. The average Bonchev–Trinajstić information content (AvgIpc) is 3.30. The quantitative estimate of drug-likeness (QED) is 0.682. The lowest BCUT2D eigenvalue weighted by Crippen LogP contribution is -2.30. The zero-order chi connectivity index (χ0) is 21.0. The first-order chi connectivity index (χ1) is 14.3. The standard InChI is InChI=1S/C21H16F3N3O3/c1-10-14-6-25-17-7-26-16(5-13(17)15(14)8-29-10)20(28)27-18-9-30-19-4-11(21(22,23)24)2-3-12(18)19/h2-7,10,18H,8-9H2,1H3,(H,27,28)/t10?,18-/m1/s1. The third kappa shape index (κ3) is 3.06. The van der Waals surface area contributed by atoms with Gasteiger partial charge in [-0.1, -0.05) is 6.07 Å². The van der Waals surface area contributed by atoms with Gasteiger partial charge in [-0.25, -0.2) is 4.98 Å². The van der Waals surface area contributed by atoms with Gasteiger partial charge in [0.2, 0.25) is 0 Å². The van der Waals surface area contributed by atoms with Gasteiger partial charge in [0.25, 0.3) is 5.91 Å². The Balaban J connectivity index is 1.41. The predicted octanol–water partition coefficient (Wildman–Crippen LogP) is 4.10. The molecule has 0 radical (unpaired) electrons. The number of nitrogens with one attached hydrogen (secondary N) is 1. The predicted molar refractivity (Wildman–Crippen MR) is 99.9 cm³/mol. The Labute approximate surface area is 169 Å². The van der Waals surface area contributed by atoms with Crippen molar-refractivity contribution in [2.24, 2.45) is 0 Å². The largest absolute Gasteiger partial charge is 0.491 e. The van der Waals surface area contributed by atoms with Crippen LogP contribution in [-0.4, -0.2) is 22.5 Å². The summed E-state index contributed by atoms with van der Waals surface area (Å²) in [6.45, 7) is 2.43. The van der Waals surface area contributed by atoms with Crippen molar-refractivity contribution in [1.29, 1.82) is 0 Å². The molecular weight excluding hydrogens is 399 g/mol. The number of carbonyl (C=O) groups is 1. The van der Waals surface area contributed by atoms with Crippen LogP contribution in [0.2, 0.25) is 0 Å². The summed E-state index contributed by atoms with van der Waals surface area (Å²) in [6, 6.07) is 4.37. The number of nitrogens with zero attached hydrogens (tertiary/aromatic N) is 2. The summed E-state index contributed by atoms with van der Waals surface area (Å²) in [5.74, 6) is -0.322. The number of hydrogen-bond donors (Lipinski definition) is 1. The first kappa shape index (κ1) is 18.8. The summed E-state index contributed by atoms with van der Waals surface area (Å²) in [5.41, 5.74) is 2.54. The van der Waals surface area contributed by atoms with E-state index >= 15 is 0 Å². The molecule has 4 heterocycles. The first-order valence-corrected chi connectivity index (χ1v) is 9.35. The van der Waals surface area contributed by atoms with Crippen LogP contribution in [0.3, 0.4) is 0 Å². The van der Waals surface area contributed by atoms with Crippen LogP contribution in [0.5, 0.6) is 5.75 Å². The monoisotopic (exact) mass is 415 g/mol. The molecule has 30 heavy (non-hydrogen) atoms. The first-order valence-electron chi connectivity index (χ1n) is 9.35. The number of ether oxygens (including phenoxy) is 2. The number of carbonyl (C=O) groups excluding carboxylic acids is 1. The second-order valence-corrected chi connectivity index (χ2v) is 7.32. The lowest BCUT2D eigenvalue weighted by atomic mass is 10.0. The van der Waals surface area contributed by atoms with Gasteiger partial charge >= 0.3 is 6.18 Å². The molecule has 2 atom stereocenters. The van der Waals surface area contributed by atoms with Crippen molar-refractivity contribution in [1.82, 2.24) is 15.3 Å². The van der Waals surface area contributed by atoms with E-state index in [-0.39, 0.29) is 24.2 Å². The summed E-state index contributed by atoms with van der Waals surface area (Å²) in [4.78, 5) is 21.4. The second kappa shape index (κ2) is 6.66. The van der Waals surface area contributed by atoms with Gasteiger partial charge in [-0.05, 0) is 30.7 Å². The highest BCUT2D eigenvalue weighted by Gasteiger charge is 2.34. The van der Waals surface area contributed by atoms with Gasteiger partial charge in [-0.3, -0.25) is 9.78 Å². The molecule has 0 saturated heterocycles. The molecule has 0 spiro atoms. The van der Waals surface area contributed by atoms with Crippen molar-refractivity contribution in [3.05, 3.63) is 64.6 Å². The van der Waals surface area contributed by atoms with Gasteiger partial charge in [0, 0.05) is 22.7 Å². The maximum absolute atomic E-state index is 12.9. The number of pyridine rings is 2. The number of rotatable bonds is 2. The number of halogens is 3. The molecule has 0 saturated carbocycles. The maximum Gasteiger partial charge on any atom is 0.416 e. The summed E-state index contributed by atoms with van der Waals surface area (Å²) < 4.78 is 49.7. The summed E-state index contributed by atoms with van der Waals surface area (Å²) in [7, 11) is 0. The molecule has 3 aromatic rings. The van der Waals surface area contributed by atoms with Crippen LogP contribution in [0.15, 0.2) is 36.7 Å². The van der Waals surface area contributed by atoms with Gasteiger partial charge in [-0.15, -0.1) is 0 Å². The minimum Gasteiger partial charge on any atom is -0.491 e. The number of benzene rings is 1. The molecule has 6 nitrogen and oxygen atoms in total. The normalized spacial score (nSPS) is 20.0. The zero-order valence-corrected chi connectivity index (χ0v) is 15.8. The molecular formula is C21H16F3N3O3. The van der Waals surface area contributed by atoms with Crippen LogP contribution in [0, 0.1) is 0 Å². The fourth-order valence-electron chi connectivity index (χ4n) is 3.84. The Hall–Kier alpha value is -3.20. The van der Waals surface area contributed by atoms with Crippen LogP contribution in [0.4, 0.5) is 13.2 Å². The van der Waals surface area contributed by atoms with Crippen molar-refractivity contribution in [3.63, 3.8) is 0 Å². The highest BCUT2D eigenvalue weighted by atomic mass is 19.4. The maximum atomic E-state index is 12.9. The molecule has 154 valence electrons. The lowest BCUT2D eigenvalue weighted by molar-refractivity contribution is -0.137. The molecule has 1 aromatic carbocycles. The van der Waals surface area contributed by atoms with Gasteiger partial charge in [0.05, 0.1) is 36.0 Å². The number of hydrogen-bond acceptors (Lipinski definition) is 5. The highest BCUT2D eigenvalue weighted by Crippen LogP contribution is 2.38. The molecule has 2 aromatic heterocycles. The molecule has 1 amide bonds. The molecule has 2 aliphatic heterocycles. The lowest BCUT2D eigenvalue weighted by Gasteiger charge is -2.13. The number of aromatic nitrogens is 2. The smallest absolute Gasteiger partial charge is 0.416 e. The molecule has 0 aliphatic carbocycles. The van der Waals surface area contributed by atoms with Crippen molar-refractivity contribution >= 4 is 16.8 Å². The molecule has 1 unspecified atom stereocenters. The number of fused-ring (bicyclic) bond motifs is 4. The Kier molecular flexibility index (Phi) is 4.18. The molecule has 5 rings (SSSR count). The molecule has 0 fully saturated rings.